The number of benzene rings is 1. The Balaban J connectivity index is 0.00000261. The van der Waals surface area contributed by atoms with Crippen LogP contribution in [0.25, 0.3) is 0 Å². The topological polar surface area (TPSA) is 69.1 Å². The fraction of sp³-hybridized carbons (Fsp3) is 0.650. The van der Waals surface area contributed by atoms with Gasteiger partial charge in [0.25, 0.3) is 0 Å². The van der Waals surface area contributed by atoms with E-state index in [-0.39, 0.29) is 30.1 Å². The van der Waals surface area contributed by atoms with E-state index >= 15 is 0 Å². The third kappa shape index (κ3) is 6.80. The summed E-state index contributed by atoms with van der Waals surface area (Å²) < 4.78 is 5.48. The first-order chi connectivity index (χ1) is 12.8. The van der Waals surface area contributed by atoms with Crippen molar-refractivity contribution in [3.05, 3.63) is 29.8 Å². The zero-order valence-corrected chi connectivity index (χ0v) is 18.5. The highest BCUT2D eigenvalue weighted by molar-refractivity contribution is 14.0. The van der Waals surface area contributed by atoms with Crippen molar-refractivity contribution in [1.82, 2.24) is 10.6 Å². The summed E-state index contributed by atoms with van der Waals surface area (Å²) in [4.78, 5) is 7.21. The van der Waals surface area contributed by atoms with Crippen LogP contribution in [-0.4, -0.2) is 56.1 Å². The minimum Gasteiger partial charge on any atom is -0.393 e. The van der Waals surface area contributed by atoms with Crippen LogP contribution < -0.4 is 15.5 Å². The summed E-state index contributed by atoms with van der Waals surface area (Å²) in [6.07, 6.45) is 3.60. The number of guanidine groups is 1. The highest BCUT2D eigenvalue weighted by Gasteiger charge is 2.20. The number of para-hydroxylation sites is 1. The second-order valence-corrected chi connectivity index (χ2v) is 7.07. The van der Waals surface area contributed by atoms with Crippen molar-refractivity contribution < 1.29 is 9.84 Å². The van der Waals surface area contributed by atoms with Crippen LogP contribution in [0, 0.1) is 0 Å². The number of halogens is 1. The summed E-state index contributed by atoms with van der Waals surface area (Å²) in [7, 11) is 0. The number of ether oxygens (including phenoxy) is 1. The molecule has 7 heteroatoms. The minimum atomic E-state index is -0.132. The first kappa shape index (κ1) is 22.2. The molecule has 0 spiro atoms. The summed E-state index contributed by atoms with van der Waals surface area (Å²) >= 11 is 0. The molecule has 1 aliphatic carbocycles. The van der Waals surface area contributed by atoms with Crippen molar-refractivity contribution in [2.24, 2.45) is 4.99 Å². The van der Waals surface area contributed by atoms with E-state index in [1.165, 1.54) is 11.3 Å². The van der Waals surface area contributed by atoms with Crippen molar-refractivity contribution in [2.45, 2.75) is 51.3 Å². The van der Waals surface area contributed by atoms with E-state index in [0.29, 0.717) is 12.6 Å². The number of nitrogens with one attached hydrogen (secondary N) is 2. The molecule has 3 N–H and O–H groups in total. The molecule has 1 aromatic rings. The summed E-state index contributed by atoms with van der Waals surface area (Å²) in [5.41, 5.74) is 2.50. The molecular formula is C20H33IN4O2. The molecule has 3 rings (SSSR count). The fourth-order valence-corrected chi connectivity index (χ4v) is 3.66. The highest BCUT2D eigenvalue weighted by Crippen LogP contribution is 2.22. The van der Waals surface area contributed by atoms with Gasteiger partial charge in [-0.3, -0.25) is 0 Å². The Morgan fingerprint density at radius 1 is 1.19 bits per heavy atom. The molecule has 0 amide bonds. The predicted molar refractivity (Wildman–Crippen MR) is 121 cm³/mol. The average molecular weight is 488 g/mol. The highest BCUT2D eigenvalue weighted by atomic mass is 127. The Kier molecular flexibility index (Phi) is 9.64. The van der Waals surface area contributed by atoms with Gasteiger partial charge in [-0.25, -0.2) is 4.99 Å². The molecule has 0 atom stereocenters. The molecular weight excluding hydrogens is 455 g/mol. The smallest absolute Gasteiger partial charge is 0.191 e. The number of aliphatic hydroxyl groups is 1. The van der Waals surface area contributed by atoms with Crippen molar-refractivity contribution in [1.29, 1.82) is 0 Å². The van der Waals surface area contributed by atoms with Crippen LogP contribution in [-0.2, 0) is 11.3 Å². The zero-order chi connectivity index (χ0) is 18.2. The largest absolute Gasteiger partial charge is 0.393 e. The fourth-order valence-electron chi connectivity index (χ4n) is 3.66. The zero-order valence-electron chi connectivity index (χ0n) is 16.2. The standard InChI is InChI=1S/C20H32N4O2.HI/c1-2-21-20(23-17-7-9-18(25)10-8-17)22-15-16-5-3-4-6-19(16)24-11-13-26-14-12-24;/h3-6,17-18,25H,2,7-15H2,1H3,(H2,21,22,23);1H. The second kappa shape index (κ2) is 11.7. The lowest BCUT2D eigenvalue weighted by atomic mass is 9.93. The Morgan fingerprint density at radius 3 is 2.59 bits per heavy atom. The maximum atomic E-state index is 9.68. The van der Waals surface area contributed by atoms with E-state index in [0.717, 1.165) is 64.5 Å². The normalized spacial score (nSPS) is 23.5. The van der Waals surface area contributed by atoms with Crippen LogP contribution in [0.1, 0.15) is 38.2 Å². The first-order valence-electron chi connectivity index (χ1n) is 9.89. The number of hydrogen-bond donors (Lipinski definition) is 3. The number of hydrogen-bond acceptors (Lipinski definition) is 4. The second-order valence-electron chi connectivity index (χ2n) is 7.07. The quantitative estimate of drug-likeness (QED) is 0.338. The van der Waals surface area contributed by atoms with E-state index in [1.807, 2.05) is 0 Å². The number of anilines is 1. The Labute approximate surface area is 179 Å². The van der Waals surface area contributed by atoms with E-state index < -0.39 is 0 Å². The van der Waals surface area contributed by atoms with Crippen LogP contribution >= 0.6 is 24.0 Å². The maximum Gasteiger partial charge on any atom is 0.191 e. The summed E-state index contributed by atoms with van der Waals surface area (Å²) in [6, 6.07) is 8.91. The van der Waals surface area contributed by atoms with Crippen LogP contribution in [0.5, 0.6) is 0 Å². The molecule has 1 heterocycles. The molecule has 1 saturated carbocycles. The van der Waals surface area contributed by atoms with Crippen molar-refractivity contribution in [3.8, 4) is 0 Å². The third-order valence-corrected chi connectivity index (χ3v) is 5.13. The molecule has 2 aliphatic rings. The van der Waals surface area contributed by atoms with Gasteiger partial charge < -0.3 is 25.4 Å². The third-order valence-electron chi connectivity index (χ3n) is 5.13. The maximum absolute atomic E-state index is 9.68. The summed E-state index contributed by atoms with van der Waals surface area (Å²) in [5.74, 6) is 0.866. The minimum absolute atomic E-state index is 0. The molecule has 1 aliphatic heterocycles. The van der Waals surface area contributed by atoms with Gasteiger partial charge in [-0.2, -0.15) is 0 Å². The molecule has 0 aromatic heterocycles. The molecule has 0 unspecified atom stereocenters. The molecule has 1 aromatic carbocycles. The van der Waals surface area contributed by atoms with Gasteiger partial charge in [0, 0.05) is 31.4 Å². The molecule has 2 fully saturated rings. The van der Waals surface area contributed by atoms with Crippen LogP contribution in [0.3, 0.4) is 0 Å². The number of aliphatic hydroxyl groups excluding tert-OH is 1. The van der Waals surface area contributed by atoms with E-state index in [1.54, 1.807) is 0 Å². The predicted octanol–water partition coefficient (Wildman–Crippen LogP) is 2.50. The number of nitrogens with zero attached hydrogens (tertiary/aromatic N) is 2. The molecule has 0 radical (unpaired) electrons. The van der Waals surface area contributed by atoms with E-state index in [9.17, 15) is 5.11 Å². The van der Waals surface area contributed by atoms with Gasteiger partial charge in [-0.1, -0.05) is 18.2 Å². The van der Waals surface area contributed by atoms with Gasteiger partial charge in [-0.15, -0.1) is 24.0 Å². The molecule has 0 bridgehead atoms. The summed E-state index contributed by atoms with van der Waals surface area (Å²) in [6.45, 7) is 7.02. The van der Waals surface area contributed by atoms with E-state index in [2.05, 4.69) is 46.7 Å². The van der Waals surface area contributed by atoms with Crippen molar-refractivity contribution >= 4 is 35.6 Å². The molecule has 152 valence electrons. The number of rotatable bonds is 5. The molecule has 27 heavy (non-hydrogen) atoms. The monoisotopic (exact) mass is 488 g/mol. The number of morpholine rings is 1. The van der Waals surface area contributed by atoms with Crippen molar-refractivity contribution in [3.63, 3.8) is 0 Å². The lowest BCUT2D eigenvalue weighted by molar-refractivity contribution is 0.120. The first-order valence-corrected chi connectivity index (χ1v) is 9.89. The lowest BCUT2D eigenvalue weighted by Crippen LogP contribution is -2.45. The van der Waals surface area contributed by atoms with Gasteiger partial charge in [0.2, 0.25) is 0 Å². The Bertz CT molecular complexity index is 585. The van der Waals surface area contributed by atoms with Gasteiger partial charge in [0.05, 0.1) is 25.9 Å². The molecule has 1 saturated heterocycles. The van der Waals surface area contributed by atoms with Crippen LogP contribution in [0.4, 0.5) is 5.69 Å². The van der Waals surface area contributed by atoms with Gasteiger partial charge >= 0.3 is 0 Å². The average Bonchev–Trinajstić information content (AvgIpc) is 2.69. The van der Waals surface area contributed by atoms with Crippen molar-refractivity contribution in [2.75, 3.05) is 37.7 Å². The summed E-state index contributed by atoms with van der Waals surface area (Å²) in [5, 5.41) is 16.6. The number of aliphatic imine (C=N–C) groups is 1. The van der Waals surface area contributed by atoms with Gasteiger partial charge in [0.15, 0.2) is 5.96 Å². The lowest BCUT2D eigenvalue weighted by Gasteiger charge is -2.30. The Morgan fingerprint density at radius 2 is 1.89 bits per heavy atom. The Hall–Kier alpha value is -1.06. The van der Waals surface area contributed by atoms with Crippen LogP contribution in [0.15, 0.2) is 29.3 Å². The van der Waals surface area contributed by atoms with Gasteiger partial charge in [-0.05, 0) is 44.2 Å². The molecule has 6 nitrogen and oxygen atoms in total. The van der Waals surface area contributed by atoms with Crippen LogP contribution in [0.2, 0.25) is 0 Å². The SMILES string of the molecule is CCNC(=NCc1ccccc1N1CCOCC1)NC1CCC(O)CC1.I. The van der Waals surface area contributed by atoms with Gasteiger partial charge in [0.1, 0.15) is 0 Å². The van der Waals surface area contributed by atoms with E-state index in [4.69, 9.17) is 9.73 Å².